The fourth-order valence-electron chi connectivity index (χ4n) is 1.64. The van der Waals surface area contributed by atoms with Crippen LogP contribution in [0.3, 0.4) is 0 Å². The molecule has 0 spiro atoms. The normalized spacial score (nSPS) is 10.3. The second-order valence-electron chi connectivity index (χ2n) is 4.00. The Labute approximate surface area is 123 Å². The lowest BCUT2D eigenvalue weighted by molar-refractivity contribution is 0.0992. The number of phenols is 1. The van der Waals surface area contributed by atoms with Gasteiger partial charge in [-0.05, 0) is 65.1 Å². The Hall–Kier alpha value is -1.63. The Morgan fingerprint density at radius 3 is 2.42 bits per heavy atom. The first-order valence-electron chi connectivity index (χ1n) is 5.51. The Balaban J connectivity index is 2.30. The quantitative estimate of drug-likeness (QED) is 0.823. The standard InChI is InChI=1S/C14H11FINO2/c1-17(10-3-5-11(18)6-4-10)14(19)12-7-2-9(15)8-13(12)16/h2-8,18H,1H3. The number of carbonyl (C=O) groups is 1. The van der Waals surface area contributed by atoms with Crippen molar-refractivity contribution in [2.24, 2.45) is 0 Å². The van der Waals surface area contributed by atoms with Crippen LogP contribution < -0.4 is 4.90 Å². The van der Waals surface area contributed by atoms with Crippen molar-refractivity contribution >= 4 is 34.2 Å². The summed E-state index contributed by atoms with van der Waals surface area (Å²) in [5.41, 5.74) is 1.10. The monoisotopic (exact) mass is 371 g/mol. The van der Waals surface area contributed by atoms with Gasteiger partial charge in [-0.1, -0.05) is 0 Å². The highest BCUT2D eigenvalue weighted by Crippen LogP contribution is 2.21. The zero-order chi connectivity index (χ0) is 14.0. The molecule has 0 aliphatic heterocycles. The van der Waals surface area contributed by atoms with Crippen molar-refractivity contribution in [3.8, 4) is 5.75 Å². The lowest BCUT2D eigenvalue weighted by atomic mass is 10.2. The molecule has 0 heterocycles. The minimum atomic E-state index is -0.367. The summed E-state index contributed by atoms with van der Waals surface area (Å²) in [5.74, 6) is -0.454. The van der Waals surface area contributed by atoms with E-state index in [1.807, 2.05) is 22.6 Å². The number of benzene rings is 2. The maximum Gasteiger partial charge on any atom is 0.259 e. The summed E-state index contributed by atoms with van der Waals surface area (Å²) in [6.07, 6.45) is 0. The smallest absolute Gasteiger partial charge is 0.259 e. The summed E-state index contributed by atoms with van der Waals surface area (Å²) >= 11 is 1.93. The van der Waals surface area contributed by atoms with Gasteiger partial charge in [0.1, 0.15) is 11.6 Å². The van der Waals surface area contributed by atoms with Gasteiger partial charge in [0.2, 0.25) is 0 Å². The molecule has 0 fully saturated rings. The van der Waals surface area contributed by atoms with Crippen LogP contribution in [0.5, 0.6) is 5.75 Å². The number of nitrogens with zero attached hydrogens (tertiary/aromatic N) is 1. The topological polar surface area (TPSA) is 40.5 Å². The van der Waals surface area contributed by atoms with Gasteiger partial charge in [-0.3, -0.25) is 4.79 Å². The van der Waals surface area contributed by atoms with Gasteiger partial charge in [-0.2, -0.15) is 0 Å². The molecule has 19 heavy (non-hydrogen) atoms. The second-order valence-corrected chi connectivity index (χ2v) is 5.17. The van der Waals surface area contributed by atoms with Crippen LogP contribution in [0.25, 0.3) is 0 Å². The fraction of sp³-hybridized carbons (Fsp3) is 0.0714. The van der Waals surface area contributed by atoms with Crippen molar-refractivity contribution in [2.75, 3.05) is 11.9 Å². The van der Waals surface area contributed by atoms with E-state index in [0.717, 1.165) is 0 Å². The molecule has 0 unspecified atom stereocenters. The number of phenolic OH excluding ortho intramolecular Hbond substituents is 1. The number of amides is 1. The van der Waals surface area contributed by atoms with Gasteiger partial charge in [0.15, 0.2) is 0 Å². The summed E-state index contributed by atoms with van der Waals surface area (Å²) in [6, 6.07) is 10.4. The molecule has 0 saturated carbocycles. The van der Waals surface area contributed by atoms with E-state index < -0.39 is 0 Å². The first-order valence-corrected chi connectivity index (χ1v) is 6.59. The number of hydrogen-bond donors (Lipinski definition) is 1. The number of carbonyl (C=O) groups excluding carboxylic acids is 1. The molecular formula is C14H11FINO2. The molecule has 0 atom stereocenters. The van der Waals surface area contributed by atoms with E-state index in [2.05, 4.69) is 0 Å². The molecule has 0 radical (unpaired) electrons. The molecule has 1 amide bonds. The maximum absolute atomic E-state index is 13.0. The molecule has 5 heteroatoms. The molecule has 0 bridgehead atoms. The second kappa shape index (κ2) is 5.56. The van der Waals surface area contributed by atoms with Crippen LogP contribution in [0.2, 0.25) is 0 Å². The van der Waals surface area contributed by atoms with Gasteiger partial charge in [-0.15, -0.1) is 0 Å². The molecule has 2 rings (SSSR count). The third kappa shape index (κ3) is 3.04. The van der Waals surface area contributed by atoms with Gasteiger partial charge in [0, 0.05) is 16.3 Å². The van der Waals surface area contributed by atoms with Crippen LogP contribution in [0.1, 0.15) is 10.4 Å². The average Bonchev–Trinajstić information content (AvgIpc) is 2.38. The first kappa shape index (κ1) is 13.8. The molecule has 98 valence electrons. The van der Waals surface area contributed by atoms with E-state index in [1.165, 1.54) is 35.2 Å². The molecule has 3 nitrogen and oxygen atoms in total. The van der Waals surface area contributed by atoms with Gasteiger partial charge in [-0.25, -0.2) is 4.39 Å². The molecular weight excluding hydrogens is 360 g/mol. The minimum Gasteiger partial charge on any atom is -0.508 e. The van der Waals surface area contributed by atoms with Crippen molar-refractivity contribution in [2.45, 2.75) is 0 Å². The van der Waals surface area contributed by atoms with Crippen molar-refractivity contribution < 1.29 is 14.3 Å². The van der Waals surface area contributed by atoms with E-state index >= 15 is 0 Å². The van der Waals surface area contributed by atoms with Gasteiger partial charge in [0.25, 0.3) is 5.91 Å². The van der Waals surface area contributed by atoms with E-state index in [9.17, 15) is 14.3 Å². The third-order valence-corrected chi connectivity index (χ3v) is 3.60. The van der Waals surface area contributed by atoms with Crippen LogP contribution in [-0.4, -0.2) is 18.1 Å². The fourth-order valence-corrected chi connectivity index (χ4v) is 2.35. The van der Waals surface area contributed by atoms with Gasteiger partial charge in [0.05, 0.1) is 5.56 Å². The van der Waals surface area contributed by atoms with E-state index in [4.69, 9.17) is 0 Å². The Kier molecular flexibility index (Phi) is 4.04. The Bertz CT molecular complexity index is 613. The van der Waals surface area contributed by atoms with Crippen molar-refractivity contribution in [1.29, 1.82) is 0 Å². The third-order valence-electron chi connectivity index (χ3n) is 2.70. The SMILES string of the molecule is CN(C(=O)c1ccc(F)cc1I)c1ccc(O)cc1. The molecule has 0 aliphatic rings. The zero-order valence-corrected chi connectivity index (χ0v) is 12.3. The van der Waals surface area contributed by atoms with Crippen molar-refractivity contribution in [3.05, 3.63) is 57.4 Å². The van der Waals surface area contributed by atoms with Crippen LogP contribution in [0.4, 0.5) is 10.1 Å². The molecule has 0 saturated heterocycles. The lowest BCUT2D eigenvalue weighted by Gasteiger charge is -2.18. The molecule has 1 N–H and O–H groups in total. The average molecular weight is 371 g/mol. The zero-order valence-electron chi connectivity index (χ0n) is 10.1. The summed E-state index contributed by atoms with van der Waals surface area (Å²) in [5, 5.41) is 9.22. The minimum absolute atomic E-state index is 0.140. The van der Waals surface area contributed by atoms with E-state index in [1.54, 1.807) is 19.2 Å². The molecule has 0 aromatic heterocycles. The number of anilines is 1. The highest BCUT2D eigenvalue weighted by atomic mass is 127. The highest BCUT2D eigenvalue weighted by Gasteiger charge is 2.16. The van der Waals surface area contributed by atoms with Crippen LogP contribution in [0, 0.1) is 9.39 Å². The predicted molar refractivity (Wildman–Crippen MR) is 80.0 cm³/mol. The predicted octanol–water partition coefficient (Wildman–Crippen LogP) is 3.41. The number of hydrogen-bond acceptors (Lipinski definition) is 2. The van der Waals surface area contributed by atoms with Gasteiger partial charge < -0.3 is 10.0 Å². The van der Waals surface area contributed by atoms with Crippen LogP contribution in [0.15, 0.2) is 42.5 Å². The van der Waals surface area contributed by atoms with E-state index in [0.29, 0.717) is 14.8 Å². The Morgan fingerprint density at radius 1 is 1.21 bits per heavy atom. The van der Waals surface area contributed by atoms with Gasteiger partial charge >= 0.3 is 0 Å². The maximum atomic E-state index is 13.0. The largest absolute Gasteiger partial charge is 0.508 e. The summed E-state index contributed by atoms with van der Waals surface area (Å²) in [4.78, 5) is 13.8. The summed E-state index contributed by atoms with van der Waals surface area (Å²) in [6.45, 7) is 0. The summed E-state index contributed by atoms with van der Waals surface area (Å²) in [7, 11) is 1.63. The molecule has 2 aromatic carbocycles. The van der Waals surface area contributed by atoms with Crippen molar-refractivity contribution in [1.82, 2.24) is 0 Å². The lowest BCUT2D eigenvalue weighted by Crippen LogP contribution is -2.26. The molecule has 2 aromatic rings. The van der Waals surface area contributed by atoms with E-state index in [-0.39, 0.29) is 17.5 Å². The van der Waals surface area contributed by atoms with Crippen molar-refractivity contribution in [3.63, 3.8) is 0 Å². The summed E-state index contributed by atoms with van der Waals surface area (Å²) < 4.78 is 13.6. The number of halogens is 2. The number of rotatable bonds is 2. The highest BCUT2D eigenvalue weighted by molar-refractivity contribution is 14.1. The Morgan fingerprint density at radius 2 is 1.84 bits per heavy atom. The number of aromatic hydroxyl groups is 1. The van der Waals surface area contributed by atoms with Crippen LogP contribution >= 0.6 is 22.6 Å². The first-order chi connectivity index (χ1) is 8.99. The molecule has 0 aliphatic carbocycles. The van der Waals surface area contributed by atoms with Crippen LogP contribution in [-0.2, 0) is 0 Å².